The molecule has 0 spiro atoms. The number of nitrogens with zero attached hydrogens (tertiary/aromatic N) is 4. The van der Waals surface area contributed by atoms with E-state index in [0.717, 1.165) is 43.0 Å². The monoisotopic (exact) mass is 344 g/mol. The van der Waals surface area contributed by atoms with Crippen LogP contribution in [0.15, 0.2) is 17.3 Å². The van der Waals surface area contributed by atoms with E-state index >= 15 is 0 Å². The molecule has 1 N–H and O–H groups in total. The molecule has 0 amide bonds. The van der Waals surface area contributed by atoms with Crippen molar-refractivity contribution in [2.24, 2.45) is 12.0 Å². The van der Waals surface area contributed by atoms with Gasteiger partial charge in [-0.3, -0.25) is 0 Å². The topological polar surface area (TPSA) is 72.5 Å². The largest absolute Gasteiger partial charge is 0.493 e. The van der Waals surface area contributed by atoms with Crippen LogP contribution in [0, 0.1) is 0 Å². The molecule has 0 atom stereocenters. The summed E-state index contributed by atoms with van der Waals surface area (Å²) in [6, 6.07) is 1.82. The lowest BCUT2D eigenvalue weighted by atomic mass is 9.99. The number of imidazole rings is 1. The Morgan fingerprint density at radius 3 is 2.96 bits per heavy atom. The number of hydrogen-bond acceptors (Lipinski definition) is 5. The van der Waals surface area contributed by atoms with Gasteiger partial charge >= 0.3 is 0 Å². The number of rotatable bonds is 2. The first-order valence-electron chi connectivity index (χ1n) is 7.88. The number of halogens is 1. The van der Waals surface area contributed by atoms with Crippen LogP contribution in [-0.4, -0.2) is 39.1 Å². The first-order chi connectivity index (χ1) is 11.6. The summed E-state index contributed by atoms with van der Waals surface area (Å²) in [5, 5.41) is 11.0. The van der Waals surface area contributed by atoms with E-state index in [2.05, 4.69) is 15.0 Å². The maximum Gasteiger partial charge on any atom is 0.218 e. The summed E-state index contributed by atoms with van der Waals surface area (Å²) in [7, 11) is 1.84. The average Bonchev–Trinajstić information content (AvgIpc) is 3.12. The average molecular weight is 345 g/mol. The molecule has 0 aliphatic carbocycles. The molecule has 6 nitrogen and oxygen atoms in total. The Kier molecular flexibility index (Phi) is 3.86. The van der Waals surface area contributed by atoms with E-state index in [1.807, 2.05) is 19.2 Å². The van der Waals surface area contributed by atoms with E-state index in [9.17, 15) is 5.11 Å². The molecule has 24 heavy (non-hydrogen) atoms. The molecule has 2 aliphatic rings. The van der Waals surface area contributed by atoms with Crippen LogP contribution >= 0.6 is 11.6 Å². The quantitative estimate of drug-likeness (QED) is 0.907. The van der Waals surface area contributed by atoms with Gasteiger partial charge in [0.2, 0.25) is 5.88 Å². The fraction of sp³-hybridized carbons (Fsp3) is 0.353. The van der Waals surface area contributed by atoms with Gasteiger partial charge in [-0.05, 0) is 25.0 Å². The predicted octanol–water partition coefficient (Wildman–Crippen LogP) is 3.32. The molecule has 4 heterocycles. The summed E-state index contributed by atoms with van der Waals surface area (Å²) < 4.78 is 7.16. The lowest BCUT2D eigenvalue weighted by Gasteiger charge is -2.21. The summed E-state index contributed by atoms with van der Waals surface area (Å²) in [6.45, 7) is 1.47. The van der Waals surface area contributed by atoms with Crippen LogP contribution in [0.5, 0.6) is 5.88 Å². The van der Waals surface area contributed by atoms with Crippen LogP contribution in [-0.2, 0) is 11.8 Å². The minimum atomic E-state index is 0.154. The number of aliphatic imine (C=N–C) groups is 1. The van der Waals surface area contributed by atoms with Gasteiger partial charge in [-0.1, -0.05) is 11.6 Å². The highest BCUT2D eigenvalue weighted by Gasteiger charge is 2.24. The Balaban J connectivity index is 1.71. The Morgan fingerprint density at radius 2 is 2.17 bits per heavy atom. The van der Waals surface area contributed by atoms with Crippen LogP contribution < -0.4 is 0 Å². The van der Waals surface area contributed by atoms with E-state index < -0.39 is 0 Å². The highest BCUT2D eigenvalue weighted by atomic mass is 35.5. The predicted molar refractivity (Wildman–Crippen MR) is 92.9 cm³/mol. The number of aromatic hydroxyl groups is 1. The van der Waals surface area contributed by atoms with Crippen molar-refractivity contribution >= 4 is 35.3 Å². The summed E-state index contributed by atoms with van der Waals surface area (Å²) in [6.07, 6.45) is 6.96. The van der Waals surface area contributed by atoms with Crippen molar-refractivity contribution in [1.29, 1.82) is 0 Å². The maximum atomic E-state index is 10.5. The second kappa shape index (κ2) is 6.03. The molecule has 7 heteroatoms. The van der Waals surface area contributed by atoms with E-state index in [-0.39, 0.29) is 5.88 Å². The van der Waals surface area contributed by atoms with Crippen LogP contribution in [0.1, 0.15) is 35.8 Å². The standard InChI is InChI=1S/C17H17ClN4O2/c1-22-16(10-2-4-24-5-3-10)21-14(17(22)23)6-11-8-19-15-13(11)7-12(18)9-20-15/h6-10,23H,2-5H2,1H3/b11-6-. The molecule has 124 valence electrons. The zero-order valence-corrected chi connectivity index (χ0v) is 14.0. The molecule has 0 unspecified atom stereocenters. The normalized spacial score (nSPS) is 19.2. The van der Waals surface area contributed by atoms with E-state index in [0.29, 0.717) is 22.5 Å². The molecule has 0 saturated carbocycles. The summed E-state index contributed by atoms with van der Waals surface area (Å²) in [5.74, 6) is 1.98. The molecule has 0 bridgehead atoms. The smallest absolute Gasteiger partial charge is 0.218 e. The van der Waals surface area contributed by atoms with E-state index in [1.165, 1.54) is 0 Å². The second-order valence-electron chi connectivity index (χ2n) is 6.01. The lowest BCUT2D eigenvalue weighted by Crippen LogP contribution is -2.17. The van der Waals surface area contributed by atoms with Crippen molar-refractivity contribution in [3.8, 4) is 5.88 Å². The van der Waals surface area contributed by atoms with Gasteiger partial charge in [0.15, 0.2) is 5.82 Å². The molecule has 2 aliphatic heterocycles. The molecule has 0 radical (unpaired) electrons. The van der Waals surface area contributed by atoms with Crippen LogP contribution in [0.4, 0.5) is 5.82 Å². The third-order valence-electron chi connectivity index (χ3n) is 4.47. The first kappa shape index (κ1) is 15.4. The minimum absolute atomic E-state index is 0.154. The highest BCUT2D eigenvalue weighted by Crippen LogP contribution is 2.35. The van der Waals surface area contributed by atoms with Gasteiger partial charge in [0.25, 0.3) is 0 Å². The van der Waals surface area contributed by atoms with Crippen LogP contribution in [0.3, 0.4) is 0 Å². The highest BCUT2D eigenvalue weighted by molar-refractivity contribution is 6.31. The Morgan fingerprint density at radius 1 is 1.38 bits per heavy atom. The number of hydrogen-bond donors (Lipinski definition) is 1. The van der Waals surface area contributed by atoms with Gasteiger partial charge in [0, 0.05) is 49.7 Å². The number of fused-ring (bicyclic) bond motifs is 1. The van der Waals surface area contributed by atoms with Crippen molar-refractivity contribution in [3.63, 3.8) is 0 Å². The maximum absolute atomic E-state index is 10.5. The van der Waals surface area contributed by atoms with Gasteiger partial charge < -0.3 is 14.4 Å². The molecule has 1 fully saturated rings. The second-order valence-corrected chi connectivity index (χ2v) is 6.44. The zero-order valence-electron chi connectivity index (χ0n) is 13.2. The summed E-state index contributed by atoms with van der Waals surface area (Å²) in [4.78, 5) is 13.1. The molecule has 1 saturated heterocycles. The molecule has 2 aromatic rings. The number of ether oxygens (including phenoxy) is 1. The van der Waals surface area contributed by atoms with Gasteiger partial charge in [-0.25, -0.2) is 15.0 Å². The van der Waals surface area contributed by atoms with E-state index in [1.54, 1.807) is 17.0 Å². The molecule has 4 rings (SSSR count). The third-order valence-corrected chi connectivity index (χ3v) is 4.68. The molecular formula is C17H17ClN4O2. The molecule has 2 aromatic heterocycles. The van der Waals surface area contributed by atoms with Gasteiger partial charge in [-0.15, -0.1) is 0 Å². The summed E-state index contributed by atoms with van der Waals surface area (Å²) in [5.41, 5.74) is 2.22. The van der Waals surface area contributed by atoms with Crippen molar-refractivity contribution in [2.75, 3.05) is 13.2 Å². The summed E-state index contributed by atoms with van der Waals surface area (Å²) >= 11 is 6.03. The Bertz CT molecular complexity index is 851. The Hall–Kier alpha value is -2.18. The van der Waals surface area contributed by atoms with Crippen molar-refractivity contribution < 1.29 is 9.84 Å². The lowest BCUT2D eigenvalue weighted by molar-refractivity contribution is 0.0829. The SMILES string of the molecule is Cn1c(C2CCOCC2)nc(/C=C2/C=Nc3ncc(Cl)cc32)c1O. The first-order valence-corrected chi connectivity index (χ1v) is 8.26. The van der Waals surface area contributed by atoms with E-state index in [4.69, 9.17) is 16.3 Å². The number of allylic oxidation sites excluding steroid dienone is 1. The number of pyridine rings is 1. The van der Waals surface area contributed by atoms with Gasteiger partial charge in [0.05, 0.1) is 5.02 Å². The number of aromatic nitrogens is 3. The minimum Gasteiger partial charge on any atom is -0.493 e. The van der Waals surface area contributed by atoms with Crippen LogP contribution in [0.25, 0.3) is 11.6 Å². The fourth-order valence-electron chi connectivity index (χ4n) is 3.16. The third kappa shape index (κ3) is 2.61. The Labute approximate surface area is 144 Å². The van der Waals surface area contributed by atoms with Crippen LogP contribution in [0.2, 0.25) is 5.02 Å². The molecular weight excluding hydrogens is 328 g/mol. The zero-order chi connectivity index (χ0) is 16.7. The molecule has 0 aromatic carbocycles. The van der Waals surface area contributed by atoms with Crippen molar-refractivity contribution in [2.45, 2.75) is 18.8 Å². The van der Waals surface area contributed by atoms with Crippen molar-refractivity contribution in [1.82, 2.24) is 14.5 Å². The van der Waals surface area contributed by atoms with Gasteiger partial charge in [-0.2, -0.15) is 0 Å². The fourth-order valence-corrected chi connectivity index (χ4v) is 3.31. The van der Waals surface area contributed by atoms with Crippen molar-refractivity contribution in [3.05, 3.63) is 34.4 Å². The van der Waals surface area contributed by atoms with Gasteiger partial charge in [0.1, 0.15) is 11.5 Å².